The molecule has 3 N–H and O–H groups in total. The molecule has 1 aromatic carbocycles. The van der Waals surface area contributed by atoms with Crippen LogP contribution in [-0.4, -0.2) is 11.7 Å². The number of halogens is 1. The highest BCUT2D eigenvalue weighted by Gasteiger charge is 2.16. The molecule has 0 unspecified atom stereocenters. The molecule has 0 fully saturated rings. The van der Waals surface area contributed by atoms with Crippen LogP contribution in [-0.2, 0) is 16.2 Å². The van der Waals surface area contributed by atoms with Crippen molar-refractivity contribution in [2.24, 2.45) is 5.90 Å². The van der Waals surface area contributed by atoms with E-state index in [1.54, 1.807) is 20.8 Å². The van der Waals surface area contributed by atoms with Gasteiger partial charge in [0.1, 0.15) is 11.4 Å². The minimum atomic E-state index is -0.603. The second kappa shape index (κ2) is 5.79. The summed E-state index contributed by atoms with van der Waals surface area (Å²) in [4.78, 5) is 15.9. The molecule has 1 aromatic rings. The summed E-state index contributed by atoms with van der Waals surface area (Å²) in [5.74, 6) is 4.44. The topological polar surface area (TPSA) is 73.6 Å². The van der Waals surface area contributed by atoms with Gasteiger partial charge < -0.3 is 4.74 Å². The number of nitrogens with two attached hydrogens (primary N) is 1. The van der Waals surface area contributed by atoms with E-state index in [1.165, 1.54) is 18.2 Å². The number of carbonyl (C=O) groups excluding carboxylic acids is 1. The molecular formula is C12H17FN2O3. The molecule has 6 heteroatoms. The van der Waals surface area contributed by atoms with Gasteiger partial charge in [-0.15, -0.1) is 0 Å². The standard InChI is InChI=1S/C12H17FN2O3/c1-12(2,3)18-11(16)15-9-4-5-10(13)8(6-9)7-17-14/h4-6H,7,14H2,1-3H3,(H,15,16). The fourth-order valence-corrected chi connectivity index (χ4v) is 1.27. The fraction of sp³-hybridized carbons (Fsp3) is 0.417. The molecule has 0 saturated carbocycles. The van der Waals surface area contributed by atoms with Crippen LogP contribution in [0.5, 0.6) is 0 Å². The molecule has 0 atom stereocenters. The Morgan fingerprint density at radius 2 is 2.11 bits per heavy atom. The highest BCUT2D eigenvalue weighted by Crippen LogP contribution is 2.16. The number of nitrogens with one attached hydrogen (secondary N) is 1. The Hall–Kier alpha value is -1.66. The van der Waals surface area contributed by atoms with Gasteiger partial charge in [0.25, 0.3) is 0 Å². The Labute approximate surface area is 105 Å². The van der Waals surface area contributed by atoms with Gasteiger partial charge in [-0.1, -0.05) is 0 Å². The predicted molar refractivity (Wildman–Crippen MR) is 65.2 cm³/mol. The number of carbonyl (C=O) groups is 1. The molecule has 0 aromatic heterocycles. The van der Waals surface area contributed by atoms with Crippen molar-refractivity contribution in [2.75, 3.05) is 5.32 Å². The normalized spacial score (nSPS) is 11.2. The van der Waals surface area contributed by atoms with Crippen molar-refractivity contribution in [1.29, 1.82) is 0 Å². The van der Waals surface area contributed by atoms with Crippen LogP contribution in [0.25, 0.3) is 0 Å². The third kappa shape index (κ3) is 4.68. The summed E-state index contributed by atoms with van der Waals surface area (Å²) in [5.41, 5.74) is 0.0802. The first-order chi connectivity index (χ1) is 8.31. The number of amides is 1. The average molecular weight is 256 g/mol. The molecule has 0 spiro atoms. The van der Waals surface area contributed by atoms with Crippen molar-refractivity contribution in [3.63, 3.8) is 0 Å². The van der Waals surface area contributed by atoms with E-state index < -0.39 is 17.5 Å². The Bertz CT molecular complexity index is 430. The van der Waals surface area contributed by atoms with Gasteiger partial charge in [0.05, 0.1) is 6.61 Å². The molecular weight excluding hydrogens is 239 g/mol. The number of benzene rings is 1. The molecule has 5 nitrogen and oxygen atoms in total. The zero-order valence-corrected chi connectivity index (χ0v) is 10.6. The first-order valence-corrected chi connectivity index (χ1v) is 5.42. The van der Waals surface area contributed by atoms with Crippen LogP contribution in [0.15, 0.2) is 18.2 Å². The lowest BCUT2D eigenvalue weighted by Crippen LogP contribution is -2.27. The Balaban J connectivity index is 2.73. The average Bonchev–Trinajstić information content (AvgIpc) is 2.20. The van der Waals surface area contributed by atoms with Crippen LogP contribution in [0.1, 0.15) is 26.3 Å². The molecule has 0 bridgehead atoms. The molecule has 0 heterocycles. The minimum absolute atomic E-state index is 0.0737. The number of hydrogen-bond donors (Lipinski definition) is 2. The van der Waals surface area contributed by atoms with Gasteiger partial charge in [-0.2, -0.15) is 0 Å². The second-order valence-electron chi connectivity index (χ2n) is 4.74. The monoisotopic (exact) mass is 256 g/mol. The second-order valence-corrected chi connectivity index (χ2v) is 4.74. The summed E-state index contributed by atoms with van der Waals surface area (Å²) < 4.78 is 18.4. The SMILES string of the molecule is CC(C)(C)OC(=O)Nc1ccc(F)c(CON)c1. The molecule has 18 heavy (non-hydrogen) atoms. The molecule has 100 valence electrons. The van der Waals surface area contributed by atoms with Gasteiger partial charge in [0.15, 0.2) is 0 Å². The summed E-state index contributed by atoms with van der Waals surface area (Å²) in [5, 5.41) is 2.50. The molecule has 0 aliphatic heterocycles. The maximum Gasteiger partial charge on any atom is 0.412 e. The maximum atomic E-state index is 13.3. The summed E-state index contributed by atoms with van der Waals surface area (Å²) in [6, 6.07) is 4.09. The van der Waals surface area contributed by atoms with Gasteiger partial charge >= 0.3 is 6.09 Å². The molecule has 1 rings (SSSR count). The van der Waals surface area contributed by atoms with Gasteiger partial charge in [-0.3, -0.25) is 10.2 Å². The first kappa shape index (κ1) is 14.4. The quantitative estimate of drug-likeness (QED) is 0.815. The smallest absolute Gasteiger partial charge is 0.412 e. The molecule has 0 aliphatic rings. The summed E-state index contributed by atoms with van der Waals surface area (Å²) in [6.45, 7) is 5.19. The fourth-order valence-electron chi connectivity index (χ4n) is 1.27. The van der Waals surface area contributed by atoms with Crippen molar-refractivity contribution in [1.82, 2.24) is 0 Å². The number of hydrogen-bond acceptors (Lipinski definition) is 4. The highest BCUT2D eigenvalue weighted by atomic mass is 19.1. The van der Waals surface area contributed by atoms with Gasteiger partial charge in [-0.25, -0.2) is 15.1 Å². The Kier molecular flexibility index (Phi) is 4.63. The molecule has 0 aliphatic carbocycles. The Morgan fingerprint density at radius 1 is 1.44 bits per heavy atom. The van der Waals surface area contributed by atoms with E-state index in [-0.39, 0.29) is 12.2 Å². The molecule has 1 amide bonds. The highest BCUT2D eigenvalue weighted by molar-refractivity contribution is 5.84. The van der Waals surface area contributed by atoms with Crippen molar-refractivity contribution in [3.8, 4) is 0 Å². The first-order valence-electron chi connectivity index (χ1n) is 5.42. The number of rotatable bonds is 3. The number of anilines is 1. The summed E-state index contributed by atoms with van der Waals surface area (Å²) in [7, 11) is 0. The van der Waals surface area contributed by atoms with Crippen molar-refractivity contribution in [3.05, 3.63) is 29.6 Å². The van der Waals surface area contributed by atoms with Crippen LogP contribution >= 0.6 is 0 Å². The molecule has 0 saturated heterocycles. The lowest BCUT2D eigenvalue weighted by Gasteiger charge is -2.19. The van der Waals surface area contributed by atoms with E-state index in [2.05, 4.69) is 10.2 Å². The van der Waals surface area contributed by atoms with Crippen LogP contribution in [0.4, 0.5) is 14.9 Å². The van der Waals surface area contributed by atoms with Crippen LogP contribution in [0.3, 0.4) is 0 Å². The van der Waals surface area contributed by atoms with Gasteiger partial charge in [-0.05, 0) is 39.0 Å². The van der Waals surface area contributed by atoms with Crippen LogP contribution in [0.2, 0.25) is 0 Å². The van der Waals surface area contributed by atoms with Gasteiger partial charge in [0, 0.05) is 11.3 Å². The Morgan fingerprint density at radius 3 is 2.67 bits per heavy atom. The van der Waals surface area contributed by atoms with E-state index in [0.29, 0.717) is 5.69 Å². The lowest BCUT2D eigenvalue weighted by molar-refractivity contribution is 0.0636. The van der Waals surface area contributed by atoms with E-state index in [9.17, 15) is 9.18 Å². The third-order valence-corrected chi connectivity index (χ3v) is 1.93. The zero-order chi connectivity index (χ0) is 13.8. The van der Waals surface area contributed by atoms with Crippen molar-refractivity contribution < 1.29 is 18.8 Å². The van der Waals surface area contributed by atoms with Crippen molar-refractivity contribution >= 4 is 11.8 Å². The largest absolute Gasteiger partial charge is 0.444 e. The van der Waals surface area contributed by atoms with Crippen molar-refractivity contribution in [2.45, 2.75) is 33.0 Å². The zero-order valence-electron chi connectivity index (χ0n) is 10.6. The summed E-state index contributed by atoms with van der Waals surface area (Å²) in [6.07, 6.45) is -0.603. The number of ether oxygens (including phenoxy) is 1. The summed E-state index contributed by atoms with van der Waals surface area (Å²) >= 11 is 0. The van der Waals surface area contributed by atoms with E-state index in [1.807, 2.05) is 0 Å². The molecule has 0 radical (unpaired) electrons. The minimum Gasteiger partial charge on any atom is -0.444 e. The van der Waals surface area contributed by atoms with Crippen LogP contribution in [0, 0.1) is 5.82 Å². The van der Waals surface area contributed by atoms with E-state index in [4.69, 9.17) is 10.6 Å². The van der Waals surface area contributed by atoms with E-state index >= 15 is 0 Å². The third-order valence-electron chi connectivity index (χ3n) is 1.93. The predicted octanol–water partition coefficient (Wildman–Crippen LogP) is 2.56. The van der Waals surface area contributed by atoms with Gasteiger partial charge in [0.2, 0.25) is 0 Å². The lowest BCUT2D eigenvalue weighted by atomic mass is 10.2. The van der Waals surface area contributed by atoms with E-state index in [0.717, 1.165) is 0 Å². The maximum absolute atomic E-state index is 13.3. The van der Waals surface area contributed by atoms with Crippen LogP contribution < -0.4 is 11.2 Å².